The number of aryl methyl sites for hydroxylation is 2. The van der Waals surface area contributed by atoms with Gasteiger partial charge < -0.3 is 0 Å². The quantitative estimate of drug-likeness (QED) is 0.469. The maximum absolute atomic E-state index is 10.6. The van der Waals surface area contributed by atoms with E-state index < -0.39 is 0 Å². The van der Waals surface area contributed by atoms with Crippen LogP contribution in [0.5, 0.6) is 0 Å². The Hall–Kier alpha value is -2.66. The molecule has 0 aliphatic rings. The van der Waals surface area contributed by atoms with Crippen LogP contribution in [0.25, 0.3) is 6.08 Å². The van der Waals surface area contributed by atoms with Crippen molar-refractivity contribution in [1.82, 2.24) is 0 Å². The van der Waals surface area contributed by atoms with Gasteiger partial charge >= 0.3 is 0 Å². The number of carbonyl (C=O) groups is 1. The summed E-state index contributed by atoms with van der Waals surface area (Å²) in [4.78, 5) is 10.6. The highest BCUT2D eigenvalue weighted by atomic mass is 16.1. The van der Waals surface area contributed by atoms with Crippen LogP contribution in [-0.2, 0) is 17.6 Å². The number of aldehydes is 1. The first-order valence-electron chi connectivity index (χ1n) is 6.51. The zero-order chi connectivity index (χ0) is 14.2. The SMILES string of the molecule is N#C/C(C=O)=C\c1ccc(CCc2ccccc2)cc1. The van der Waals surface area contributed by atoms with E-state index in [2.05, 4.69) is 12.1 Å². The van der Waals surface area contributed by atoms with Gasteiger partial charge in [0.25, 0.3) is 0 Å². The summed E-state index contributed by atoms with van der Waals surface area (Å²) in [7, 11) is 0. The third kappa shape index (κ3) is 3.93. The Morgan fingerprint density at radius 3 is 2.10 bits per heavy atom. The highest BCUT2D eigenvalue weighted by Crippen LogP contribution is 2.11. The van der Waals surface area contributed by atoms with Gasteiger partial charge in [-0.25, -0.2) is 0 Å². The Labute approximate surface area is 119 Å². The molecule has 98 valence electrons. The second kappa shape index (κ2) is 7.06. The maximum atomic E-state index is 10.6. The van der Waals surface area contributed by atoms with Crippen LogP contribution < -0.4 is 0 Å². The Morgan fingerprint density at radius 2 is 1.55 bits per heavy atom. The fourth-order valence-corrected chi connectivity index (χ4v) is 1.99. The minimum Gasteiger partial charge on any atom is -0.297 e. The van der Waals surface area contributed by atoms with E-state index in [4.69, 9.17) is 5.26 Å². The predicted octanol–water partition coefficient (Wildman–Crippen LogP) is 3.58. The van der Waals surface area contributed by atoms with Gasteiger partial charge in [-0.3, -0.25) is 4.79 Å². The molecule has 0 amide bonds. The van der Waals surface area contributed by atoms with Gasteiger partial charge in [0.2, 0.25) is 0 Å². The third-order valence-electron chi connectivity index (χ3n) is 3.10. The summed E-state index contributed by atoms with van der Waals surface area (Å²) in [5.41, 5.74) is 3.58. The van der Waals surface area contributed by atoms with Gasteiger partial charge in [0.15, 0.2) is 6.29 Å². The zero-order valence-corrected chi connectivity index (χ0v) is 11.1. The van der Waals surface area contributed by atoms with Gasteiger partial charge in [-0.15, -0.1) is 0 Å². The lowest BCUT2D eigenvalue weighted by Crippen LogP contribution is -1.91. The molecule has 2 nitrogen and oxygen atoms in total. The van der Waals surface area contributed by atoms with Crippen molar-refractivity contribution in [2.24, 2.45) is 0 Å². The first kappa shape index (κ1) is 13.8. The van der Waals surface area contributed by atoms with Crippen LogP contribution in [0.15, 0.2) is 60.2 Å². The second-order valence-electron chi connectivity index (χ2n) is 4.56. The van der Waals surface area contributed by atoms with E-state index in [0.29, 0.717) is 6.29 Å². The van der Waals surface area contributed by atoms with Gasteiger partial charge in [-0.1, -0.05) is 54.6 Å². The van der Waals surface area contributed by atoms with Crippen molar-refractivity contribution < 1.29 is 4.79 Å². The molecule has 0 aromatic heterocycles. The molecule has 0 N–H and O–H groups in total. The molecule has 0 bridgehead atoms. The normalized spacial score (nSPS) is 10.8. The molecule has 20 heavy (non-hydrogen) atoms. The number of rotatable bonds is 5. The van der Waals surface area contributed by atoms with Crippen LogP contribution in [0.2, 0.25) is 0 Å². The van der Waals surface area contributed by atoms with Crippen LogP contribution in [0, 0.1) is 11.3 Å². The topological polar surface area (TPSA) is 40.9 Å². The number of hydrogen-bond donors (Lipinski definition) is 0. The number of allylic oxidation sites excluding steroid dienone is 1. The Kier molecular flexibility index (Phi) is 4.86. The van der Waals surface area contributed by atoms with Gasteiger partial charge in [-0.2, -0.15) is 5.26 Å². The Morgan fingerprint density at radius 1 is 0.950 bits per heavy atom. The average Bonchev–Trinajstić information content (AvgIpc) is 2.53. The molecule has 2 aromatic rings. The molecule has 0 unspecified atom stereocenters. The van der Waals surface area contributed by atoms with Gasteiger partial charge in [0, 0.05) is 0 Å². The second-order valence-corrected chi connectivity index (χ2v) is 4.56. The van der Waals surface area contributed by atoms with Crippen molar-refractivity contribution in [2.75, 3.05) is 0 Å². The standard InChI is InChI=1S/C18H15NO/c19-13-18(14-20)12-17-10-8-16(9-11-17)7-6-15-4-2-1-3-5-15/h1-5,8-12,14H,6-7H2/b18-12+. The van der Waals surface area contributed by atoms with Crippen LogP contribution in [0.3, 0.4) is 0 Å². The molecule has 0 atom stereocenters. The van der Waals surface area contributed by atoms with Crippen molar-refractivity contribution >= 4 is 12.4 Å². The summed E-state index contributed by atoms with van der Waals surface area (Å²) in [6, 6.07) is 20.2. The molecule has 0 heterocycles. The Bertz CT molecular complexity index is 633. The van der Waals surface area contributed by atoms with E-state index in [9.17, 15) is 4.79 Å². The minimum absolute atomic E-state index is 0.141. The van der Waals surface area contributed by atoms with Crippen molar-refractivity contribution in [3.63, 3.8) is 0 Å². The number of nitrogens with zero attached hydrogens (tertiary/aromatic N) is 1. The van der Waals surface area contributed by atoms with E-state index >= 15 is 0 Å². The molecule has 0 radical (unpaired) electrons. The maximum Gasteiger partial charge on any atom is 0.160 e. The molecule has 2 rings (SSSR count). The zero-order valence-electron chi connectivity index (χ0n) is 11.1. The fourth-order valence-electron chi connectivity index (χ4n) is 1.99. The van der Waals surface area contributed by atoms with E-state index in [1.54, 1.807) is 6.08 Å². The van der Waals surface area contributed by atoms with Crippen LogP contribution in [0.1, 0.15) is 16.7 Å². The molecule has 0 saturated carbocycles. The van der Waals surface area contributed by atoms with Crippen molar-refractivity contribution in [3.8, 4) is 6.07 Å². The average molecular weight is 261 g/mol. The number of nitriles is 1. The summed E-state index contributed by atoms with van der Waals surface area (Å²) < 4.78 is 0. The number of hydrogen-bond acceptors (Lipinski definition) is 2. The molecular weight excluding hydrogens is 246 g/mol. The van der Waals surface area contributed by atoms with Crippen LogP contribution in [-0.4, -0.2) is 6.29 Å². The van der Waals surface area contributed by atoms with Crippen LogP contribution >= 0.6 is 0 Å². The van der Waals surface area contributed by atoms with E-state index in [-0.39, 0.29) is 5.57 Å². The monoisotopic (exact) mass is 261 g/mol. The van der Waals surface area contributed by atoms with Gasteiger partial charge in [-0.05, 0) is 35.6 Å². The Balaban J connectivity index is 2.00. The lowest BCUT2D eigenvalue weighted by atomic mass is 10.0. The summed E-state index contributed by atoms with van der Waals surface area (Å²) in [5, 5.41) is 8.70. The van der Waals surface area contributed by atoms with E-state index in [0.717, 1.165) is 18.4 Å². The third-order valence-corrected chi connectivity index (χ3v) is 3.10. The molecule has 0 spiro atoms. The van der Waals surface area contributed by atoms with Crippen LogP contribution in [0.4, 0.5) is 0 Å². The van der Waals surface area contributed by atoms with E-state index in [1.165, 1.54) is 11.1 Å². The van der Waals surface area contributed by atoms with Gasteiger partial charge in [0.05, 0.1) is 5.57 Å². The molecule has 2 aromatic carbocycles. The summed E-state index contributed by atoms with van der Waals surface area (Å²) in [6.07, 6.45) is 4.15. The minimum atomic E-state index is 0.141. The summed E-state index contributed by atoms with van der Waals surface area (Å²) in [5.74, 6) is 0. The summed E-state index contributed by atoms with van der Waals surface area (Å²) >= 11 is 0. The molecule has 0 aliphatic carbocycles. The summed E-state index contributed by atoms with van der Waals surface area (Å²) in [6.45, 7) is 0. The smallest absolute Gasteiger partial charge is 0.160 e. The lowest BCUT2D eigenvalue weighted by molar-refractivity contribution is -0.104. The highest BCUT2D eigenvalue weighted by molar-refractivity contribution is 5.86. The highest BCUT2D eigenvalue weighted by Gasteiger charge is 1.97. The largest absolute Gasteiger partial charge is 0.297 e. The van der Waals surface area contributed by atoms with Gasteiger partial charge in [0.1, 0.15) is 6.07 Å². The first-order valence-corrected chi connectivity index (χ1v) is 6.51. The first-order chi connectivity index (χ1) is 9.81. The number of carbonyl (C=O) groups excluding carboxylic acids is 1. The lowest BCUT2D eigenvalue weighted by Gasteiger charge is -2.03. The fraction of sp³-hybridized carbons (Fsp3) is 0.111. The molecule has 0 fully saturated rings. The molecular formula is C18H15NO. The molecule has 2 heteroatoms. The predicted molar refractivity (Wildman–Crippen MR) is 79.9 cm³/mol. The van der Waals surface area contributed by atoms with Crippen molar-refractivity contribution in [2.45, 2.75) is 12.8 Å². The van der Waals surface area contributed by atoms with Crippen molar-refractivity contribution in [3.05, 3.63) is 76.9 Å². The molecule has 0 aliphatic heterocycles. The van der Waals surface area contributed by atoms with E-state index in [1.807, 2.05) is 48.5 Å². The van der Waals surface area contributed by atoms with Crippen molar-refractivity contribution in [1.29, 1.82) is 5.26 Å². The number of benzene rings is 2. The molecule has 0 saturated heterocycles.